The Bertz CT molecular complexity index is 4040. The van der Waals surface area contributed by atoms with Crippen LogP contribution < -0.4 is 0 Å². The predicted molar refractivity (Wildman–Crippen MR) is 302 cm³/mol. The lowest BCUT2D eigenvalue weighted by molar-refractivity contribution is 1.14. The van der Waals surface area contributed by atoms with Gasteiger partial charge in [0, 0.05) is 40.8 Å². The predicted octanol–water partition coefficient (Wildman–Crippen LogP) is 17.4. The van der Waals surface area contributed by atoms with Crippen LogP contribution in [0.3, 0.4) is 0 Å². The molecule has 0 N–H and O–H groups in total. The van der Waals surface area contributed by atoms with E-state index in [4.69, 9.17) is 9.97 Å². The largest absolute Gasteiger partial charge is 0.296 e. The minimum absolute atomic E-state index is 0.919. The first-order valence-corrected chi connectivity index (χ1v) is 24.8. The smallest absolute Gasteiger partial charge is 0.147 e. The third-order valence-corrected chi connectivity index (χ3v) is 14.4. The fourth-order valence-electron chi connectivity index (χ4n) is 10.7. The van der Waals surface area contributed by atoms with Gasteiger partial charge in [-0.15, -0.1) is 0 Å². The molecule has 0 saturated carbocycles. The maximum atomic E-state index is 5.23. The number of nitrogens with zero attached hydrogens (tertiary/aromatic N) is 5. The lowest BCUT2D eigenvalue weighted by Gasteiger charge is -2.18. The zero-order valence-corrected chi connectivity index (χ0v) is 40.4. The van der Waals surface area contributed by atoms with Crippen LogP contribution in [0.4, 0.5) is 0 Å². The molecule has 0 aliphatic carbocycles. The van der Waals surface area contributed by atoms with Gasteiger partial charge in [-0.3, -0.25) is 19.4 Å². The highest BCUT2D eigenvalue weighted by Crippen LogP contribution is 2.44. The number of pyridine rings is 4. The van der Waals surface area contributed by atoms with Crippen LogP contribution in [0.25, 0.3) is 128 Å². The van der Waals surface area contributed by atoms with E-state index in [-0.39, 0.29) is 0 Å². The fraction of sp³-hybridized carbons (Fsp3) is 0.0294. The van der Waals surface area contributed by atoms with E-state index in [1.165, 1.54) is 0 Å². The standard InChI is InChI=1S/C68H47N5/c1-44-45(2)73-65-43-51(34-35-62(65)67-66(68(73)72-44)61(36-39-71-67)46-16-4-3-5-17-46)57-20-8-11-23-60(57)54-41-52(58-21-9-6-18-55(58)47-26-30-49(31-27-47)63-24-12-14-37-69-63)40-53(42-54)59-22-10-7-19-56(59)48-28-32-50(33-29-48)64-25-13-15-38-70-64/h3-43H,1-2H3. The monoisotopic (exact) mass is 933 g/mol. The number of aryl methyl sites for hydroxylation is 2. The Balaban J connectivity index is 0.996. The third-order valence-electron chi connectivity index (χ3n) is 14.4. The highest BCUT2D eigenvalue weighted by molar-refractivity contribution is 6.16. The summed E-state index contributed by atoms with van der Waals surface area (Å²) in [5.74, 6) is 0. The lowest BCUT2D eigenvalue weighted by atomic mass is 9.86. The van der Waals surface area contributed by atoms with E-state index in [0.717, 1.165) is 139 Å². The quantitative estimate of drug-likeness (QED) is 0.135. The molecular formula is C68H47N5. The molecule has 0 amide bonds. The summed E-state index contributed by atoms with van der Waals surface area (Å²) in [7, 11) is 0. The van der Waals surface area contributed by atoms with Crippen molar-refractivity contribution in [1.82, 2.24) is 24.3 Å². The molecule has 0 unspecified atom stereocenters. The minimum Gasteiger partial charge on any atom is -0.296 e. The highest BCUT2D eigenvalue weighted by Gasteiger charge is 2.21. The van der Waals surface area contributed by atoms with Gasteiger partial charge in [-0.25, -0.2) is 4.98 Å². The van der Waals surface area contributed by atoms with Crippen molar-refractivity contribution >= 4 is 27.5 Å². The number of rotatable bonds is 9. The molecule has 13 rings (SSSR count). The van der Waals surface area contributed by atoms with Crippen molar-refractivity contribution < 1.29 is 0 Å². The molecule has 0 atom stereocenters. The number of fused-ring (bicyclic) bond motifs is 6. The van der Waals surface area contributed by atoms with Crippen molar-refractivity contribution in [1.29, 1.82) is 0 Å². The van der Waals surface area contributed by atoms with Crippen LogP contribution in [-0.4, -0.2) is 24.3 Å². The van der Waals surface area contributed by atoms with E-state index >= 15 is 0 Å². The first-order chi connectivity index (χ1) is 36.0. The Morgan fingerprint density at radius 1 is 0.315 bits per heavy atom. The van der Waals surface area contributed by atoms with E-state index in [2.05, 4.69) is 234 Å². The molecule has 5 heteroatoms. The Morgan fingerprint density at radius 3 is 1.23 bits per heavy atom. The maximum Gasteiger partial charge on any atom is 0.147 e. The Hall–Kier alpha value is -9.58. The molecule has 344 valence electrons. The van der Waals surface area contributed by atoms with Gasteiger partial charge in [-0.1, -0.05) is 176 Å². The van der Waals surface area contributed by atoms with Gasteiger partial charge in [0.15, 0.2) is 0 Å². The molecule has 5 aromatic heterocycles. The highest BCUT2D eigenvalue weighted by atomic mass is 15.0. The van der Waals surface area contributed by atoms with Gasteiger partial charge in [0.2, 0.25) is 0 Å². The average Bonchev–Trinajstić information content (AvgIpc) is 3.78. The van der Waals surface area contributed by atoms with Gasteiger partial charge >= 0.3 is 0 Å². The molecule has 13 aromatic rings. The molecule has 0 bridgehead atoms. The number of aromatic nitrogens is 5. The molecule has 5 heterocycles. The maximum absolute atomic E-state index is 5.23. The summed E-state index contributed by atoms with van der Waals surface area (Å²) in [5.41, 5.74) is 25.1. The number of imidazole rings is 1. The van der Waals surface area contributed by atoms with Gasteiger partial charge in [-0.2, -0.15) is 0 Å². The van der Waals surface area contributed by atoms with Gasteiger partial charge in [0.1, 0.15) is 5.65 Å². The molecule has 0 radical (unpaired) electrons. The van der Waals surface area contributed by atoms with Crippen LogP contribution in [0.1, 0.15) is 11.4 Å². The van der Waals surface area contributed by atoms with Crippen LogP contribution in [0.5, 0.6) is 0 Å². The summed E-state index contributed by atoms with van der Waals surface area (Å²) in [6.07, 6.45) is 5.62. The summed E-state index contributed by atoms with van der Waals surface area (Å²) < 4.78 is 2.34. The first kappa shape index (κ1) is 43.4. The second-order valence-corrected chi connectivity index (χ2v) is 18.6. The SMILES string of the molecule is Cc1nc2c3c(-c4ccccc4)ccnc3c3ccc(-c4ccccc4-c4cc(-c5ccccc5-c5ccc(-c6ccccn6)cc5)cc(-c5ccccc5-c5ccc(-c6ccccn6)cc5)c4)cc3n2c1C. The van der Waals surface area contributed by atoms with E-state index in [0.29, 0.717) is 0 Å². The summed E-state index contributed by atoms with van der Waals surface area (Å²) in [4.78, 5) is 19.5. The van der Waals surface area contributed by atoms with Crippen molar-refractivity contribution in [3.63, 3.8) is 0 Å². The molecule has 5 nitrogen and oxygen atoms in total. The van der Waals surface area contributed by atoms with Gasteiger partial charge in [-0.05, 0) is 146 Å². The summed E-state index contributed by atoms with van der Waals surface area (Å²) in [6, 6.07) is 82.7. The zero-order valence-electron chi connectivity index (χ0n) is 40.4. The molecule has 73 heavy (non-hydrogen) atoms. The minimum atomic E-state index is 0.919. The van der Waals surface area contributed by atoms with E-state index in [1.54, 1.807) is 0 Å². The number of benzene rings is 8. The van der Waals surface area contributed by atoms with Crippen LogP contribution in [0, 0.1) is 13.8 Å². The third kappa shape index (κ3) is 7.85. The van der Waals surface area contributed by atoms with Crippen LogP contribution >= 0.6 is 0 Å². The van der Waals surface area contributed by atoms with Crippen LogP contribution in [-0.2, 0) is 0 Å². The van der Waals surface area contributed by atoms with Crippen LogP contribution in [0.15, 0.2) is 249 Å². The second kappa shape index (κ2) is 18.3. The fourth-order valence-corrected chi connectivity index (χ4v) is 10.7. The molecule has 0 saturated heterocycles. The van der Waals surface area contributed by atoms with Gasteiger partial charge < -0.3 is 0 Å². The van der Waals surface area contributed by atoms with Crippen molar-refractivity contribution in [3.05, 3.63) is 261 Å². The van der Waals surface area contributed by atoms with Crippen molar-refractivity contribution in [2.45, 2.75) is 13.8 Å². The zero-order chi connectivity index (χ0) is 48.8. The Kier molecular flexibility index (Phi) is 10.9. The van der Waals surface area contributed by atoms with Gasteiger partial charge in [0.25, 0.3) is 0 Å². The van der Waals surface area contributed by atoms with E-state index < -0.39 is 0 Å². The number of hydrogen-bond donors (Lipinski definition) is 0. The van der Waals surface area contributed by atoms with Crippen molar-refractivity contribution in [2.24, 2.45) is 0 Å². The molecule has 0 aliphatic rings. The second-order valence-electron chi connectivity index (χ2n) is 18.6. The van der Waals surface area contributed by atoms with E-state index in [1.807, 2.05) is 42.9 Å². The first-order valence-electron chi connectivity index (χ1n) is 24.8. The molecular weight excluding hydrogens is 887 g/mol. The van der Waals surface area contributed by atoms with Crippen molar-refractivity contribution in [2.75, 3.05) is 0 Å². The Morgan fingerprint density at radius 2 is 0.740 bits per heavy atom. The van der Waals surface area contributed by atoms with Crippen molar-refractivity contribution in [3.8, 4) is 100 Å². The molecule has 0 spiro atoms. The normalized spacial score (nSPS) is 11.4. The average molecular weight is 934 g/mol. The molecule has 0 aliphatic heterocycles. The lowest BCUT2D eigenvalue weighted by Crippen LogP contribution is -1.97. The van der Waals surface area contributed by atoms with Gasteiger partial charge in [0.05, 0.1) is 33.5 Å². The summed E-state index contributed by atoms with van der Waals surface area (Å²) in [5, 5.41) is 2.14. The Labute approximate surface area is 424 Å². The van der Waals surface area contributed by atoms with Crippen LogP contribution in [0.2, 0.25) is 0 Å². The molecule has 0 fully saturated rings. The molecule has 8 aromatic carbocycles. The topological polar surface area (TPSA) is 56.0 Å². The van der Waals surface area contributed by atoms with E-state index in [9.17, 15) is 0 Å². The summed E-state index contributed by atoms with van der Waals surface area (Å²) >= 11 is 0. The summed E-state index contributed by atoms with van der Waals surface area (Å²) in [6.45, 7) is 4.28. The number of hydrogen-bond acceptors (Lipinski definition) is 4.